The molecular weight excluding hydrogens is 444 g/mol. The monoisotopic (exact) mass is 480 g/mol. The standard InChI is InChI=1S/C30H36N6/c1-21-18-33-29(35-24-7-5-22(6-8-24)19-36-15-13-32-14-16-36)10-9-25(21)28(31)17-23-3-2-4-27-26(23)11-12-30(27)20-34-30/h2-8,11-12,18,29,31-32,34-35H,9-10,13-17,19-20H2,1H3. The third kappa shape index (κ3) is 4.81. The van der Waals surface area contributed by atoms with Crippen molar-refractivity contribution in [3.05, 3.63) is 81.9 Å². The Morgan fingerprint density at radius 1 is 1.17 bits per heavy atom. The summed E-state index contributed by atoms with van der Waals surface area (Å²) in [5.41, 5.74) is 9.39. The van der Waals surface area contributed by atoms with E-state index in [1.807, 2.05) is 6.21 Å². The van der Waals surface area contributed by atoms with Crippen LogP contribution in [-0.2, 0) is 18.5 Å². The van der Waals surface area contributed by atoms with Gasteiger partial charge < -0.3 is 21.4 Å². The molecule has 0 saturated carbocycles. The van der Waals surface area contributed by atoms with Crippen LogP contribution in [0.5, 0.6) is 0 Å². The first-order valence-electron chi connectivity index (χ1n) is 13.3. The van der Waals surface area contributed by atoms with Crippen LogP contribution in [0.15, 0.2) is 64.7 Å². The number of benzene rings is 2. The summed E-state index contributed by atoms with van der Waals surface area (Å²) in [6.07, 6.45) is 8.91. The molecule has 1 aliphatic carbocycles. The molecule has 0 radical (unpaired) electrons. The van der Waals surface area contributed by atoms with Gasteiger partial charge in [0.15, 0.2) is 0 Å². The van der Waals surface area contributed by atoms with Crippen LogP contribution in [0, 0.1) is 5.41 Å². The number of anilines is 1. The summed E-state index contributed by atoms with van der Waals surface area (Å²) < 4.78 is 0. The highest BCUT2D eigenvalue weighted by molar-refractivity contribution is 6.04. The van der Waals surface area contributed by atoms with E-state index in [9.17, 15) is 0 Å². The highest BCUT2D eigenvalue weighted by atomic mass is 15.2. The molecule has 4 aliphatic rings. The molecule has 6 rings (SSSR count). The van der Waals surface area contributed by atoms with Gasteiger partial charge in [-0.15, -0.1) is 0 Å². The fourth-order valence-corrected chi connectivity index (χ4v) is 5.73. The SMILES string of the molecule is CC1=C(C(=N)Cc2cccc3c2C=CC32CN2)CCC(Nc2ccc(CN3CCNCC3)cc2)N=C1. The average molecular weight is 481 g/mol. The minimum atomic E-state index is 0.0222. The quantitative estimate of drug-likeness (QED) is 0.355. The Hall–Kier alpha value is -3.06. The fraction of sp³-hybridized carbons (Fsp3) is 0.400. The summed E-state index contributed by atoms with van der Waals surface area (Å²) >= 11 is 0. The van der Waals surface area contributed by atoms with Gasteiger partial charge in [0.25, 0.3) is 0 Å². The van der Waals surface area contributed by atoms with Crippen molar-refractivity contribution < 1.29 is 0 Å². The maximum atomic E-state index is 8.95. The van der Waals surface area contributed by atoms with E-state index in [-0.39, 0.29) is 11.7 Å². The normalized spacial score (nSPS) is 25.2. The predicted molar refractivity (Wildman–Crippen MR) is 149 cm³/mol. The number of hydrogen-bond donors (Lipinski definition) is 4. The largest absolute Gasteiger partial charge is 0.364 e. The van der Waals surface area contributed by atoms with Gasteiger partial charge in [-0.25, -0.2) is 0 Å². The first-order chi connectivity index (χ1) is 17.6. The van der Waals surface area contributed by atoms with E-state index in [2.05, 4.69) is 82.4 Å². The molecule has 2 aromatic rings. The summed E-state index contributed by atoms with van der Waals surface area (Å²) in [7, 11) is 0. The molecule has 36 heavy (non-hydrogen) atoms. The number of fused-ring (bicyclic) bond motifs is 2. The van der Waals surface area contributed by atoms with Gasteiger partial charge in [0.05, 0.1) is 5.54 Å². The van der Waals surface area contributed by atoms with E-state index in [1.54, 1.807) is 0 Å². The summed E-state index contributed by atoms with van der Waals surface area (Å²) in [5, 5.41) is 19.5. The van der Waals surface area contributed by atoms with E-state index >= 15 is 0 Å². The third-order valence-electron chi connectivity index (χ3n) is 8.00. The van der Waals surface area contributed by atoms with E-state index in [0.717, 1.165) is 68.9 Å². The summed E-state index contributed by atoms with van der Waals surface area (Å²) in [6, 6.07) is 15.3. The van der Waals surface area contributed by atoms with Gasteiger partial charge in [0.1, 0.15) is 6.17 Å². The van der Waals surface area contributed by atoms with Crippen molar-refractivity contribution in [3.63, 3.8) is 0 Å². The molecule has 0 amide bonds. The van der Waals surface area contributed by atoms with Crippen LogP contribution < -0.4 is 16.0 Å². The van der Waals surface area contributed by atoms with Crippen molar-refractivity contribution in [1.29, 1.82) is 5.41 Å². The molecule has 1 spiro atoms. The molecule has 2 unspecified atom stereocenters. The molecule has 6 heteroatoms. The second-order valence-corrected chi connectivity index (χ2v) is 10.6. The smallest absolute Gasteiger partial charge is 0.118 e. The Morgan fingerprint density at radius 2 is 1.97 bits per heavy atom. The van der Waals surface area contributed by atoms with Crippen LogP contribution in [0.3, 0.4) is 0 Å². The number of hydrogen-bond acceptors (Lipinski definition) is 6. The van der Waals surface area contributed by atoms with Crippen LogP contribution in [0.25, 0.3) is 6.08 Å². The van der Waals surface area contributed by atoms with Gasteiger partial charge in [-0.05, 0) is 65.3 Å². The lowest BCUT2D eigenvalue weighted by Gasteiger charge is -2.27. The van der Waals surface area contributed by atoms with E-state index in [1.165, 1.54) is 22.3 Å². The number of nitrogens with one attached hydrogen (secondary N) is 4. The van der Waals surface area contributed by atoms with Gasteiger partial charge in [0.2, 0.25) is 0 Å². The van der Waals surface area contributed by atoms with Crippen molar-refractivity contribution >= 4 is 23.7 Å². The molecule has 0 aromatic heterocycles. The van der Waals surface area contributed by atoms with Crippen LogP contribution in [0.4, 0.5) is 5.69 Å². The number of nitrogens with zero attached hydrogens (tertiary/aromatic N) is 2. The predicted octanol–water partition coefficient (Wildman–Crippen LogP) is 4.10. The summed E-state index contributed by atoms with van der Waals surface area (Å²) in [5.74, 6) is 0. The molecular formula is C30H36N6. The Balaban J connectivity index is 1.06. The third-order valence-corrected chi connectivity index (χ3v) is 8.00. The van der Waals surface area contributed by atoms with Crippen molar-refractivity contribution in [2.45, 2.75) is 44.4 Å². The van der Waals surface area contributed by atoms with Crippen molar-refractivity contribution in [2.75, 3.05) is 38.0 Å². The van der Waals surface area contributed by atoms with Crippen LogP contribution in [0.1, 0.15) is 42.0 Å². The molecule has 2 fully saturated rings. The van der Waals surface area contributed by atoms with Crippen molar-refractivity contribution in [2.24, 2.45) is 4.99 Å². The zero-order chi connectivity index (χ0) is 24.5. The van der Waals surface area contributed by atoms with E-state index in [0.29, 0.717) is 12.1 Å². The first kappa shape index (κ1) is 23.3. The van der Waals surface area contributed by atoms with E-state index < -0.39 is 0 Å². The van der Waals surface area contributed by atoms with Gasteiger partial charge in [-0.3, -0.25) is 9.89 Å². The number of piperazine rings is 1. The highest BCUT2D eigenvalue weighted by Crippen LogP contribution is 2.42. The van der Waals surface area contributed by atoms with Gasteiger partial charge in [-0.2, -0.15) is 0 Å². The Labute approximate surface area is 214 Å². The Bertz CT molecular complexity index is 1230. The maximum Gasteiger partial charge on any atom is 0.118 e. The fourth-order valence-electron chi connectivity index (χ4n) is 5.73. The topological polar surface area (TPSA) is 85.5 Å². The molecule has 3 heterocycles. The number of aliphatic imine (C=N–C) groups is 1. The number of rotatable bonds is 7. The molecule has 186 valence electrons. The second kappa shape index (κ2) is 9.77. The lowest BCUT2D eigenvalue weighted by atomic mass is 9.91. The Morgan fingerprint density at radius 3 is 2.75 bits per heavy atom. The second-order valence-electron chi connectivity index (χ2n) is 10.6. The molecule has 3 aliphatic heterocycles. The van der Waals surface area contributed by atoms with Crippen LogP contribution >= 0.6 is 0 Å². The van der Waals surface area contributed by atoms with Gasteiger partial charge in [0, 0.05) is 63.3 Å². The molecule has 4 N–H and O–H groups in total. The highest BCUT2D eigenvalue weighted by Gasteiger charge is 2.45. The lowest BCUT2D eigenvalue weighted by Crippen LogP contribution is -2.42. The molecule has 6 nitrogen and oxygen atoms in total. The van der Waals surface area contributed by atoms with Gasteiger partial charge >= 0.3 is 0 Å². The zero-order valence-corrected chi connectivity index (χ0v) is 21.1. The van der Waals surface area contributed by atoms with Gasteiger partial charge in [-0.1, -0.05) is 42.5 Å². The molecule has 2 saturated heterocycles. The minimum absolute atomic E-state index is 0.0222. The molecule has 0 bridgehead atoms. The van der Waals surface area contributed by atoms with Crippen LogP contribution in [0.2, 0.25) is 0 Å². The molecule has 2 atom stereocenters. The van der Waals surface area contributed by atoms with Crippen molar-refractivity contribution in [1.82, 2.24) is 15.5 Å². The summed E-state index contributed by atoms with van der Waals surface area (Å²) in [4.78, 5) is 7.32. The van der Waals surface area contributed by atoms with Crippen LogP contribution in [-0.4, -0.2) is 55.7 Å². The zero-order valence-electron chi connectivity index (χ0n) is 21.1. The minimum Gasteiger partial charge on any atom is -0.364 e. The maximum absolute atomic E-state index is 8.95. The average Bonchev–Trinajstić information content (AvgIpc) is 3.62. The molecule has 2 aromatic carbocycles. The van der Waals surface area contributed by atoms with E-state index in [4.69, 9.17) is 10.4 Å². The number of allylic oxidation sites excluding steroid dienone is 2. The van der Waals surface area contributed by atoms with Crippen molar-refractivity contribution in [3.8, 4) is 0 Å². The first-order valence-corrected chi connectivity index (χ1v) is 13.3. The Kier molecular flexibility index (Phi) is 6.34. The summed E-state index contributed by atoms with van der Waals surface area (Å²) in [6.45, 7) is 8.51. The lowest BCUT2D eigenvalue weighted by molar-refractivity contribution is 0.233.